The molecule has 1 heterocycles. The molecule has 86 valence electrons. The molecule has 0 amide bonds. The monoisotopic (exact) mass is 217 g/mol. The molecule has 1 aliphatic rings. The Balaban J connectivity index is 2.36. The van der Waals surface area contributed by atoms with Gasteiger partial charge in [-0.25, -0.2) is 0 Å². The summed E-state index contributed by atoms with van der Waals surface area (Å²) in [6.45, 7) is 9.25. The maximum absolute atomic E-state index is 5.67. The second-order valence-electron chi connectivity index (χ2n) is 4.05. The smallest absolute Gasteiger partial charge is 0.129 e. The Bertz CT molecular complexity index is 405. The van der Waals surface area contributed by atoms with Crippen LogP contribution in [0.2, 0.25) is 0 Å². The molecule has 2 nitrogen and oxygen atoms in total. The normalized spacial score (nSPS) is 13.8. The number of rotatable bonds is 3. The van der Waals surface area contributed by atoms with Crippen LogP contribution in [-0.2, 0) is 0 Å². The Kier molecular flexibility index (Phi) is 3.18. The summed E-state index contributed by atoms with van der Waals surface area (Å²) in [5.74, 6) is 1.02. The van der Waals surface area contributed by atoms with Gasteiger partial charge >= 0.3 is 0 Å². The van der Waals surface area contributed by atoms with Crippen molar-refractivity contribution in [1.29, 1.82) is 0 Å². The number of nitrogens with zero attached hydrogens (tertiary/aromatic N) is 1. The molecule has 0 saturated carbocycles. The van der Waals surface area contributed by atoms with E-state index in [1.807, 2.05) is 0 Å². The van der Waals surface area contributed by atoms with Crippen LogP contribution in [0.5, 0.6) is 5.75 Å². The molecule has 1 aliphatic heterocycles. The van der Waals surface area contributed by atoms with Gasteiger partial charge in [-0.15, -0.1) is 0 Å². The lowest BCUT2D eigenvalue weighted by atomic mass is 10.0. The van der Waals surface area contributed by atoms with Crippen LogP contribution in [0.4, 0.5) is 5.69 Å². The van der Waals surface area contributed by atoms with Gasteiger partial charge in [-0.05, 0) is 44.6 Å². The van der Waals surface area contributed by atoms with Gasteiger partial charge in [-0.1, -0.05) is 0 Å². The SMILES string of the molecule is CCN(CC)c1ccc2c(c1)OCC=C2C. The molecular formula is C14H19NO. The largest absolute Gasteiger partial charge is 0.489 e. The number of benzene rings is 1. The lowest BCUT2D eigenvalue weighted by Crippen LogP contribution is -2.22. The van der Waals surface area contributed by atoms with Crippen molar-refractivity contribution in [2.24, 2.45) is 0 Å². The number of hydrogen-bond acceptors (Lipinski definition) is 2. The molecule has 0 radical (unpaired) electrons. The van der Waals surface area contributed by atoms with Gasteiger partial charge in [0, 0.05) is 30.4 Å². The van der Waals surface area contributed by atoms with Crippen molar-refractivity contribution < 1.29 is 4.74 Å². The minimum absolute atomic E-state index is 0.695. The van der Waals surface area contributed by atoms with Crippen LogP contribution in [0.3, 0.4) is 0 Å². The van der Waals surface area contributed by atoms with Gasteiger partial charge in [0.25, 0.3) is 0 Å². The maximum Gasteiger partial charge on any atom is 0.129 e. The molecule has 0 fully saturated rings. The summed E-state index contributed by atoms with van der Waals surface area (Å²) in [5, 5.41) is 0. The molecule has 0 saturated heterocycles. The summed E-state index contributed by atoms with van der Waals surface area (Å²) in [5.41, 5.74) is 3.79. The van der Waals surface area contributed by atoms with Crippen LogP contribution in [0, 0.1) is 0 Å². The molecule has 1 aromatic carbocycles. The molecule has 2 heteroatoms. The molecule has 0 bridgehead atoms. The van der Waals surface area contributed by atoms with Gasteiger partial charge in [-0.3, -0.25) is 0 Å². The van der Waals surface area contributed by atoms with Gasteiger partial charge in [0.1, 0.15) is 12.4 Å². The second-order valence-corrected chi connectivity index (χ2v) is 4.05. The van der Waals surface area contributed by atoms with Crippen LogP contribution in [0.25, 0.3) is 5.57 Å². The van der Waals surface area contributed by atoms with Crippen LogP contribution in [-0.4, -0.2) is 19.7 Å². The first-order chi connectivity index (χ1) is 7.76. The molecule has 0 spiro atoms. The summed E-state index contributed by atoms with van der Waals surface area (Å²) in [6.07, 6.45) is 2.12. The van der Waals surface area contributed by atoms with E-state index in [-0.39, 0.29) is 0 Å². The topological polar surface area (TPSA) is 12.5 Å². The number of fused-ring (bicyclic) bond motifs is 1. The van der Waals surface area contributed by atoms with Crippen LogP contribution >= 0.6 is 0 Å². The third-order valence-electron chi connectivity index (χ3n) is 3.15. The first kappa shape index (κ1) is 11.1. The quantitative estimate of drug-likeness (QED) is 0.770. The van der Waals surface area contributed by atoms with Crippen molar-refractivity contribution in [2.75, 3.05) is 24.6 Å². The molecule has 16 heavy (non-hydrogen) atoms. The summed E-state index contributed by atoms with van der Waals surface area (Å²) in [6, 6.07) is 6.49. The zero-order valence-electron chi connectivity index (χ0n) is 10.3. The fourth-order valence-electron chi connectivity index (χ4n) is 2.11. The zero-order chi connectivity index (χ0) is 11.5. The Hall–Kier alpha value is -1.44. The lowest BCUT2D eigenvalue weighted by molar-refractivity contribution is 0.357. The van der Waals surface area contributed by atoms with Gasteiger partial charge in [0.2, 0.25) is 0 Å². The fourth-order valence-corrected chi connectivity index (χ4v) is 2.11. The van der Waals surface area contributed by atoms with Crippen molar-refractivity contribution in [3.8, 4) is 5.75 Å². The summed E-state index contributed by atoms with van der Waals surface area (Å²) >= 11 is 0. The van der Waals surface area contributed by atoms with Gasteiger partial charge in [-0.2, -0.15) is 0 Å². The van der Waals surface area contributed by atoms with Crippen LogP contribution in [0.15, 0.2) is 24.3 Å². The molecule has 0 N–H and O–H groups in total. The summed E-state index contributed by atoms with van der Waals surface area (Å²) in [4.78, 5) is 2.33. The van der Waals surface area contributed by atoms with Crippen molar-refractivity contribution in [2.45, 2.75) is 20.8 Å². The summed E-state index contributed by atoms with van der Waals surface area (Å²) < 4.78 is 5.67. The second kappa shape index (κ2) is 4.60. The Labute approximate surface area is 97.5 Å². The third kappa shape index (κ3) is 1.92. The van der Waals surface area contributed by atoms with Crippen molar-refractivity contribution in [3.05, 3.63) is 29.8 Å². The van der Waals surface area contributed by atoms with E-state index in [4.69, 9.17) is 4.74 Å². The van der Waals surface area contributed by atoms with E-state index < -0.39 is 0 Å². The molecule has 1 aromatic rings. The molecular weight excluding hydrogens is 198 g/mol. The minimum atomic E-state index is 0.695. The van der Waals surface area contributed by atoms with E-state index in [1.54, 1.807) is 0 Å². The predicted octanol–water partition coefficient (Wildman–Crippen LogP) is 3.33. The zero-order valence-corrected chi connectivity index (χ0v) is 10.3. The maximum atomic E-state index is 5.67. The number of anilines is 1. The molecule has 2 rings (SSSR count). The molecule has 0 aliphatic carbocycles. The number of allylic oxidation sites excluding steroid dienone is 1. The Morgan fingerprint density at radius 3 is 2.69 bits per heavy atom. The first-order valence-corrected chi connectivity index (χ1v) is 5.95. The van der Waals surface area contributed by atoms with Gasteiger partial charge < -0.3 is 9.64 Å². The van der Waals surface area contributed by atoms with Crippen LogP contribution in [0.1, 0.15) is 26.3 Å². The third-order valence-corrected chi connectivity index (χ3v) is 3.15. The average molecular weight is 217 g/mol. The number of hydrogen-bond donors (Lipinski definition) is 0. The van der Waals surface area contributed by atoms with E-state index in [0.29, 0.717) is 6.61 Å². The van der Waals surface area contributed by atoms with E-state index in [1.165, 1.54) is 16.8 Å². The highest BCUT2D eigenvalue weighted by Gasteiger charge is 2.12. The van der Waals surface area contributed by atoms with E-state index >= 15 is 0 Å². The average Bonchev–Trinajstić information content (AvgIpc) is 2.31. The summed E-state index contributed by atoms with van der Waals surface area (Å²) in [7, 11) is 0. The first-order valence-electron chi connectivity index (χ1n) is 5.95. The van der Waals surface area contributed by atoms with E-state index in [2.05, 4.69) is 49.9 Å². The predicted molar refractivity (Wildman–Crippen MR) is 69.1 cm³/mol. The lowest BCUT2D eigenvalue weighted by Gasteiger charge is -2.24. The van der Waals surface area contributed by atoms with Crippen molar-refractivity contribution >= 4 is 11.3 Å². The molecule has 0 atom stereocenters. The van der Waals surface area contributed by atoms with Crippen LogP contribution < -0.4 is 9.64 Å². The highest BCUT2D eigenvalue weighted by Crippen LogP contribution is 2.33. The fraction of sp³-hybridized carbons (Fsp3) is 0.429. The van der Waals surface area contributed by atoms with Crippen molar-refractivity contribution in [3.63, 3.8) is 0 Å². The van der Waals surface area contributed by atoms with E-state index in [0.717, 1.165) is 18.8 Å². The number of ether oxygens (including phenoxy) is 1. The molecule has 0 aromatic heterocycles. The minimum Gasteiger partial charge on any atom is -0.489 e. The van der Waals surface area contributed by atoms with Gasteiger partial charge in [0.15, 0.2) is 0 Å². The van der Waals surface area contributed by atoms with E-state index in [9.17, 15) is 0 Å². The molecule has 0 unspecified atom stereocenters. The Morgan fingerprint density at radius 2 is 2.00 bits per heavy atom. The van der Waals surface area contributed by atoms with Gasteiger partial charge in [0.05, 0.1) is 0 Å². The highest BCUT2D eigenvalue weighted by atomic mass is 16.5. The standard InChI is InChI=1S/C14H19NO/c1-4-15(5-2)12-6-7-13-11(3)8-9-16-14(13)10-12/h6-8,10H,4-5,9H2,1-3H3. The van der Waals surface area contributed by atoms with Crippen molar-refractivity contribution in [1.82, 2.24) is 0 Å². The highest BCUT2D eigenvalue weighted by molar-refractivity contribution is 5.73. The Morgan fingerprint density at radius 1 is 1.25 bits per heavy atom.